The van der Waals surface area contributed by atoms with E-state index in [1.54, 1.807) is 6.92 Å². The van der Waals surface area contributed by atoms with E-state index in [-0.39, 0.29) is 5.97 Å². The number of carbonyl (C=O) groups excluding carboxylic acids is 1. The Hall–Kier alpha value is -1.04. The molecule has 0 saturated carbocycles. The van der Waals surface area contributed by atoms with Gasteiger partial charge in [-0.1, -0.05) is 18.7 Å². The summed E-state index contributed by atoms with van der Waals surface area (Å²) in [6.45, 7) is 6.23. The second-order valence-electron chi connectivity index (χ2n) is 3.16. The summed E-state index contributed by atoms with van der Waals surface area (Å²) < 4.78 is 5.95. The van der Waals surface area contributed by atoms with Crippen LogP contribution in [0.15, 0.2) is 36.4 Å². The van der Waals surface area contributed by atoms with Crippen molar-refractivity contribution in [3.05, 3.63) is 40.0 Å². The fourth-order valence-corrected chi connectivity index (χ4v) is 1.69. The molecular weight excluding hydrogens is 317 g/mol. The maximum absolute atomic E-state index is 11.3. The zero-order valence-corrected chi connectivity index (χ0v) is 11.3. The van der Waals surface area contributed by atoms with Crippen LogP contribution in [0.4, 0.5) is 5.69 Å². The lowest BCUT2D eigenvalue weighted by Crippen LogP contribution is -2.15. The van der Waals surface area contributed by atoms with E-state index in [9.17, 15) is 4.79 Å². The number of hydrogen-bond donors (Lipinski definition) is 1. The van der Waals surface area contributed by atoms with Gasteiger partial charge in [0.1, 0.15) is 0 Å². The Kier molecular flexibility index (Phi) is 5.31. The summed E-state index contributed by atoms with van der Waals surface area (Å²) in [5.74, 6) is -0.346. The van der Waals surface area contributed by atoms with Gasteiger partial charge in [-0.2, -0.15) is 0 Å². The fraction of sp³-hybridized carbons (Fsp3) is 0.250. The third-order valence-electron chi connectivity index (χ3n) is 1.93. The number of para-hydroxylation sites is 1. The summed E-state index contributed by atoms with van der Waals surface area (Å²) >= 11 is 2.23. The molecule has 4 heteroatoms. The Morgan fingerprint density at radius 3 is 2.81 bits per heavy atom. The fourth-order valence-electron chi connectivity index (χ4n) is 1.11. The van der Waals surface area contributed by atoms with Crippen molar-refractivity contribution in [2.75, 3.05) is 18.5 Å². The molecular formula is C12H14INO2. The van der Waals surface area contributed by atoms with Crippen molar-refractivity contribution in [3.63, 3.8) is 0 Å². The maximum atomic E-state index is 11.3. The molecule has 0 aromatic heterocycles. The smallest absolute Gasteiger partial charge is 0.335 e. The van der Waals surface area contributed by atoms with Crippen molar-refractivity contribution >= 4 is 34.2 Å². The first-order valence-corrected chi connectivity index (χ1v) is 6.06. The molecule has 0 amide bonds. The first-order valence-electron chi connectivity index (χ1n) is 4.98. The van der Waals surface area contributed by atoms with Crippen LogP contribution in [0.25, 0.3) is 0 Å². The summed E-state index contributed by atoms with van der Waals surface area (Å²) in [5.41, 5.74) is 1.43. The van der Waals surface area contributed by atoms with Gasteiger partial charge in [0.2, 0.25) is 0 Å². The zero-order valence-electron chi connectivity index (χ0n) is 9.13. The molecule has 16 heavy (non-hydrogen) atoms. The average molecular weight is 331 g/mol. The molecule has 0 fully saturated rings. The van der Waals surface area contributed by atoms with Crippen molar-refractivity contribution in [1.82, 2.24) is 0 Å². The van der Waals surface area contributed by atoms with Crippen LogP contribution in [0.3, 0.4) is 0 Å². The van der Waals surface area contributed by atoms with Crippen LogP contribution >= 0.6 is 22.6 Å². The van der Waals surface area contributed by atoms with Crippen LogP contribution in [0, 0.1) is 3.57 Å². The highest BCUT2D eigenvalue weighted by Gasteiger charge is 2.07. The Bertz CT molecular complexity index is 390. The Morgan fingerprint density at radius 1 is 1.50 bits per heavy atom. The second-order valence-corrected chi connectivity index (χ2v) is 4.32. The van der Waals surface area contributed by atoms with Crippen molar-refractivity contribution in [2.45, 2.75) is 6.92 Å². The van der Waals surface area contributed by atoms with Crippen molar-refractivity contribution < 1.29 is 9.53 Å². The Labute approximate surface area is 109 Å². The SMILES string of the molecule is C=C(CNc1ccccc1I)C(=O)OCC. The number of halogens is 1. The van der Waals surface area contributed by atoms with E-state index >= 15 is 0 Å². The number of rotatable bonds is 5. The summed E-state index contributed by atoms with van der Waals surface area (Å²) in [4.78, 5) is 11.3. The highest BCUT2D eigenvalue weighted by Crippen LogP contribution is 2.17. The maximum Gasteiger partial charge on any atom is 0.335 e. The lowest BCUT2D eigenvalue weighted by Gasteiger charge is -2.09. The third kappa shape index (κ3) is 3.84. The van der Waals surface area contributed by atoms with Gasteiger partial charge in [0.05, 0.1) is 6.61 Å². The molecule has 0 unspecified atom stereocenters. The highest BCUT2D eigenvalue weighted by atomic mass is 127. The molecule has 0 radical (unpaired) electrons. The van der Waals surface area contributed by atoms with E-state index in [2.05, 4.69) is 34.5 Å². The minimum Gasteiger partial charge on any atom is -0.463 e. The molecule has 0 atom stereocenters. The highest BCUT2D eigenvalue weighted by molar-refractivity contribution is 14.1. The van der Waals surface area contributed by atoms with Gasteiger partial charge in [0, 0.05) is 21.4 Å². The summed E-state index contributed by atoms with van der Waals surface area (Å²) in [6.07, 6.45) is 0. The van der Waals surface area contributed by atoms with Gasteiger partial charge in [-0.3, -0.25) is 0 Å². The van der Waals surface area contributed by atoms with Gasteiger partial charge in [-0.05, 0) is 41.6 Å². The monoisotopic (exact) mass is 331 g/mol. The molecule has 1 rings (SSSR count). The molecule has 1 N–H and O–H groups in total. The molecule has 86 valence electrons. The summed E-state index contributed by atoms with van der Waals surface area (Å²) in [7, 11) is 0. The van der Waals surface area contributed by atoms with Crippen LogP contribution in [-0.4, -0.2) is 19.1 Å². The van der Waals surface area contributed by atoms with Gasteiger partial charge < -0.3 is 10.1 Å². The average Bonchev–Trinajstić information content (AvgIpc) is 2.28. The van der Waals surface area contributed by atoms with Crippen molar-refractivity contribution in [2.24, 2.45) is 0 Å². The number of anilines is 1. The number of nitrogens with one attached hydrogen (secondary N) is 1. The Morgan fingerprint density at radius 2 is 2.19 bits per heavy atom. The lowest BCUT2D eigenvalue weighted by atomic mass is 10.2. The first-order chi connectivity index (χ1) is 7.65. The standard InChI is InChI=1S/C12H14INO2/c1-3-16-12(15)9(2)8-14-11-7-5-4-6-10(11)13/h4-7,14H,2-3,8H2,1H3. The minimum atomic E-state index is -0.346. The van der Waals surface area contributed by atoms with E-state index in [1.165, 1.54) is 0 Å². The van der Waals surface area contributed by atoms with Crippen LogP contribution in [0.1, 0.15) is 6.92 Å². The van der Waals surface area contributed by atoms with Crippen LogP contribution in [0.5, 0.6) is 0 Å². The van der Waals surface area contributed by atoms with Crippen molar-refractivity contribution in [1.29, 1.82) is 0 Å². The van der Waals surface area contributed by atoms with Crippen LogP contribution < -0.4 is 5.32 Å². The first kappa shape index (κ1) is 13.0. The molecule has 1 aromatic carbocycles. The van der Waals surface area contributed by atoms with Gasteiger partial charge >= 0.3 is 5.97 Å². The van der Waals surface area contributed by atoms with Gasteiger partial charge in [-0.15, -0.1) is 0 Å². The lowest BCUT2D eigenvalue weighted by molar-refractivity contribution is -0.138. The van der Waals surface area contributed by atoms with E-state index in [1.807, 2.05) is 24.3 Å². The van der Waals surface area contributed by atoms with Gasteiger partial charge in [-0.25, -0.2) is 4.79 Å². The molecule has 0 aliphatic carbocycles. The van der Waals surface area contributed by atoms with Crippen LogP contribution in [0.2, 0.25) is 0 Å². The molecule has 0 aliphatic rings. The van der Waals surface area contributed by atoms with E-state index in [0.717, 1.165) is 9.26 Å². The Balaban J connectivity index is 2.49. The summed E-state index contributed by atoms with van der Waals surface area (Å²) in [5, 5.41) is 3.14. The molecule has 0 bridgehead atoms. The molecule has 3 nitrogen and oxygen atoms in total. The van der Waals surface area contributed by atoms with Gasteiger partial charge in [0.25, 0.3) is 0 Å². The van der Waals surface area contributed by atoms with E-state index < -0.39 is 0 Å². The number of esters is 1. The normalized spacial score (nSPS) is 9.62. The van der Waals surface area contributed by atoms with Gasteiger partial charge in [0.15, 0.2) is 0 Å². The zero-order chi connectivity index (χ0) is 12.0. The number of benzene rings is 1. The molecule has 0 saturated heterocycles. The predicted octanol–water partition coefficient (Wildman–Crippen LogP) is 2.82. The number of ether oxygens (including phenoxy) is 1. The van der Waals surface area contributed by atoms with E-state index in [0.29, 0.717) is 18.7 Å². The topological polar surface area (TPSA) is 38.3 Å². The summed E-state index contributed by atoms with van der Waals surface area (Å²) in [6, 6.07) is 7.86. The number of carbonyl (C=O) groups is 1. The molecule has 1 aromatic rings. The third-order valence-corrected chi connectivity index (χ3v) is 2.87. The second kappa shape index (κ2) is 6.52. The largest absolute Gasteiger partial charge is 0.463 e. The minimum absolute atomic E-state index is 0.346. The molecule has 0 aliphatic heterocycles. The van der Waals surface area contributed by atoms with E-state index in [4.69, 9.17) is 4.74 Å². The number of hydrogen-bond acceptors (Lipinski definition) is 3. The quantitative estimate of drug-likeness (QED) is 0.512. The molecule has 0 spiro atoms. The van der Waals surface area contributed by atoms with Crippen LogP contribution in [-0.2, 0) is 9.53 Å². The molecule has 0 heterocycles. The predicted molar refractivity (Wildman–Crippen MR) is 73.4 cm³/mol. The van der Waals surface area contributed by atoms with Crippen molar-refractivity contribution in [3.8, 4) is 0 Å².